The second-order valence-electron chi connectivity index (χ2n) is 4.25. The number of hydrogen-bond donors (Lipinski definition) is 2. The van der Waals surface area contributed by atoms with Gasteiger partial charge in [-0.05, 0) is 12.8 Å². The van der Waals surface area contributed by atoms with Gasteiger partial charge in [-0.2, -0.15) is 0 Å². The molecule has 2 rings (SSSR count). The van der Waals surface area contributed by atoms with Crippen LogP contribution in [0.4, 0.5) is 0 Å². The van der Waals surface area contributed by atoms with E-state index in [9.17, 15) is 4.79 Å². The van der Waals surface area contributed by atoms with Gasteiger partial charge in [0.05, 0.1) is 0 Å². The SMILES string of the molecule is O=c1cc[nH]cc1CNC1CCCCC1. The number of rotatable bonds is 3. The Labute approximate surface area is 89.9 Å². The fourth-order valence-electron chi connectivity index (χ4n) is 2.15. The summed E-state index contributed by atoms with van der Waals surface area (Å²) < 4.78 is 0. The lowest BCUT2D eigenvalue weighted by atomic mass is 9.95. The van der Waals surface area contributed by atoms with Gasteiger partial charge in [0.15, 0.2) is 5.43 Å². The lowest BCUT2D eigenvalue weighted by molar-refractivity contribution is 0.372. The molecule has 0 atom stereocenters. The second kappa shape index (κ2) is 5.12. The zero-order valence-corrected chi connectivity index (χ0v) is 8.96. The van der Waals surface area contributed by atoms with Gasteiger partial charge in [0.1, 0.15) is 0 Å². The molecular weight excluding hydrogens is 188 g/mol. The molecule has 0 amide bonds. The lowest BCUT2D eigenvalue weighted by Crippen LogP contribution is -2.32. The Balaban J connectivity index is 1.87. The minimum atomic E-state index is 0.122. The number of aromatic amines is 1. The number of H-pyrrole nitrogens is 1. The third-order valence-corrected chi connectivity index (χ3v) is 3.09. The maximum absolute atomic E-state index is 11.4. The highest BCUT2D eigenvalue weighted by molar-refractivity contribution is 5.08. The van der Waals surface area contributed by atoms with Crippen molar-refractivity contribution in [3.8, 4) is 0 Å². The first-order valence-corrected chi connectivity index (χ1v) is 5.75. The zero-order chi connectivity index (χ0) is 10.5. The van der Waals surface area contributed by atoms with Crippen LogP contribution in [0, 0.1) is 0 Å². The van der Waals surface area contributed by atoms with Gasteiger partial charge in [-0.25, -0.2) is 0 Å². The van der Waals surface area contributed by atoms with Crippen LogP contribution in [0.25, 0.3) is 0 Å². The third-order valence-electron chi connectivity index (χ3n) is 3.09. The van der Waals surface area contributed by atoms with Gasteiger partial charge in [-0.3, -0.25) is 4.79 Å². The molecular formula is C12H18N2O. The fraction of sp³-hybridized carbons (Fsp3) is 0.583. The van der Waals surface area contributed by atoms with Crippen molar-refractivity contribution in [2.75, 3.05) is 0 Å². The molecule has 1 fully saturated rings. The van der Waals surface area contributed by atoms with Gasteiger partial charge in [0.25, 0.3) is 0 Å². The standard InChI is InChI=1S/C12H18N2O/c15-12-6-7-13-8-10(12)9-14-11-4-2-1-3-5-11/h6-8,11,14H,1-5,9H2,(H,13,15). The number of pyridine rings is 1. The van der Waals surface area contributed by atoms with Crippen LogP contribution in [-0.4, -0.2) is 11.0 Å². The van der Waals surface area contributed by atoms with E-state index in [4.69, 9.17) is 0 Å². The molecule has 1 saturated carbocycles. The van der Waals surface area contributed by atoms with Crippen LogP contribution in [-0.2, 0) is 6.54 Å². The molecule has 0 spiro atoms. The van der Waals surface area contributed by atoms with E-state index in [0.29, 0.717) is 12.6 Å². The quantitative estimate of drug-likeness (QED) is 0.792. The lowest BCUT2D eigenvalue weighted by Gasteiger charge is -2.22. The second-order valence-corrected chi connectivity index (χ2v) is 4.25. The van der Waals surface area contributed by atoms with E-state index in [2.05, 4.69) is 10.3 Å². The van der Waals surface area contributed by atoms with E-state index >= 15 is 0 Å². The first-order valence-electron chi connectivity index (χ1n) is 5.75. The van der Waals surface area contributed by atoms with E-state index in [1.807, 2.05) is 0 Å². The zero-order valence-electron chi connectivity index (χ0n) is 8.96. The Morgan fingerprint density at radius 1 is 1.33 bits per heavy atom. The fourth-order valence-corrected chi connectivity index (χ4v) is 2.15. The van der Waals surface area contributed by atoms with Crippen LogP contribution in [0.5, 0.6) is 0 Å². The van der Waals surface area contributed by atoms with Crippen LogP contribution < -0.4 is 10.7 Å². The first-order chi connectivity index (χ1) is 7.36. The Hall–Kier alpha value is -1.09. The summed E-state index contributed by atoms with van der Waals surface area (Å²) in [5.74, 6) is 0. The van der Waals surface area contributed by atoms with Crippen molar-refractivity contribution >= 4 is 0 Å². The summed E-state index contributed by atoms with van der Waals surface area (Å²) in [6, 6.07) is 2.19. The molecule has 1 aromatic heterocycles. The predicted octanol–water partition coefficient (Wildman–Crippen LogP) is 1.80. The maximum atomic E-state index is 11.4. The summed E-state index contributed by atoms with van der Waals surface area (Å²) in [5.41, 5.74) is 0.958. The Morgan fingerprint density at radius 3 is 2.87 bits per heavy atom. The number of nitrogens with one attached hydrogen (secondary N) is 2. The number of aromatic nitrogens is 1. The largest absolute Gasteiger partial charge is 0.367 e. The number of hydrogen-bond acceptors (Lipinski definition) is 2. The summed E-state index contributed by atoms with van der Waals surface area (Å²) in [7, 11) is 0. The van der Waals surface area contributed by atoms with Crippen molar-refractivity contribution in [2.24, 2.45) is 0 Å². The first kappa shape index (κ1) is 10.4. The highest BCUT2D eigenvalue weighted by Crippen LogP contribution is 2.17. The monoisotopic (exact) mass is 206 g/mol. The summed E-state index contributed by atoms with van der Waals surface area (Å²) in [6.45, 7) is 0.695. The molecule has 0 unspecified atom stereocenters. The van der Waals surface area contributed by atoms with E-state index in [0.717, 1.165) is 5.56 Å². The van der Waals surface area contributed by atoms with Crippen molar-refractivity contribution in [2.45, 2.75) is 44.7 Å². The van der Waals surface area contributed by atoms with Gasteiger partial charge >= 0.3 is 0 Å². The van der Waals surface area contributed by atoms with Crippen LogP contribution in [0.15, 0.2) is 23.3 Å². The molecule has 0 saturated heterocycles. The third kappa shape index (κ3) is 2.93. The predicted molar refractivity (Wildman–Crippen MR) is 60.8 cm³/mol. The molecule has 0 aromatic carbocycles. The molecule has 3 nitrogen and oxygen atoms in total. The minimum Gasteiger partial charge on any atom is -0.367 e. The van der Waals surface area contributed by atoms with Crippen molar-refractivity contribution < 1.29 is 0 Å². The molecule has 0 bridgehead atoms. The Bertz CT molecular complexity index is 353. The molecule has 82 valence electrons. The van der Waals surface area contributed by atoms with Gasteiger partial charge in [0, 0.05) is 36.6 Å². The van der Waals surface area contributed by atoms with E-state index in [1.165, 1.54) is 32.1 Å². The van der Waals surface area contributed by atoms with Crippen LogP contribution in [0.1, 0.15) is 37.7 Å². The van der Waals surface area contributed by atoms with Crippen LogP contribution in [0.3, 0.4) is 0 Å². The molecule has 0 aliphatic heterocycles. The Morgan fingerprint density at radius 2 is 2.13 bits per heavy atom. The topological polar surface area (TPSA) is 44.9 Å². The maximum Gasteiger partial charge on any atom is 0.186 e. The van der Waals surface area contributed by atoms with Gasteiger partial charge < -0.3 is 10.3 Å². The van der Waals surface area contributed by atoms with Crippen molar-refractivity contribution in [3.63, 3.8) is 0 Å². The summed E-state index contributed by atoms with van der Waals surface area (Å²) in [5, 5.41) is 3.46. The minimum absolute atomic E-state index is 0.122. The van der Waals surface area contributed by atoms with E-state index in [1.54, 1.807) is 18.5 Å². The molecule has 1 aromatic rings. The van der Waals surface area contributed by atoms with E-state index < -0.39 is 0 Å². The van der Waals surface area contributed by atoms with Crippen molar-refractivity contribution in [1.82, 2.24) is 10.3 Å². The smallest absolute Gasteiger partial charge is 0.186 e. The van der Waals surface area contributed by atoms with Crippen LogP contribution >= 0.6 is 0 Å². The molecule has 15 heavy (non-hydrogen) atoms. The average molecular weight is 206 g/mol. The highest BCUT2D eigenvalue weighted by atomic mass is 16.1. The average Bonchev–Trinajstić information content (AvgIpc) is 2.29. The summed E-state index contributed by atoms with van der Waals surface area (Å²) >= 11 is 0. The van der Waals surface area contributed by atoms with Crippen molar-refractivity contribution in [3.05, 3.63) is 34.2 Å². The van der Waals surface area contributed by atoms with Crippen molar-refractivity contribution in [1.29, 1.82) is 0 Å². The molecule has 2 N–H and O–H groups in total. The highest BCUT2D eigenvalue weighted by Gasteiger charge is 2.12. The molecule has 1 aliphatic rings. The van der Waals surface area contributed by atoms with Crippen LogP contribution in [0.2, 0.25) is 0 Å². The Kier molecular flexibility index (Phi) is 3.56. The molecule has 1 aliphatic carbocycles. The molecule has 0 radical (unpaired) electrons. The summed E-state index contributed by atoms with van der Waals surface area (Å²) in [6.07, 6.45) is 9.98. The van der Waals surface area contributed by atoms with Gasteiger partial charge in [0.2, 0.25) is 0 Å². The van der Waals surface area contributed by atoms with E-state index in [-0.39, 0.29) is 5.43 Å². The summed E-state index contributed by atoms with van der Waals surface area (Å²) in [4.78, 5) is 14.4. The normalized spacial score (nSPS) is 17.9. The van der Waals surface area contributed by atoms with Gasteiger partial charge in [-0.1, -0.05) is 19.3 Å². The molecule has 3 heteroatoms. The van der Waals surface area contributed by atoms with Gasteiger partial charge in [-0.15, -0.1) is 0 Å². The molecule has 1 heterocycles.